The van der Waals surface area contributed by atoms with Crippen molar-refractivity contribution in [3.8, 4) is 0 Å². The predicted octanol–water partition coefficient (Wildman–Crippen LogP) is 8.20. The van der Waals surface area contributed by atoms with Crippen LogP contribution < -0.4 is 5.32 Å². The van der Waals surface area contributed by atoms with E-state index in [0.29, 0.717) is 32.4 Å². The second-order valence-corrected chi connectivity index (χ2v) is 27.6. The first-order valence-electron chi connectivity index (χ1n) is 34.2. The number of ether oxygens (including phenoxy) is 1. The number of likely N-dealkylation sites (tertiary alicyclic amines) is 1. The van der Waals surface area contributed by atoms with Gasteiger partial charge in [-0.3, -0.25) is 9.69 Å². The second kappa shape index (κ2) is 56.9. The lowest BCUT2D eigenvalue weighted by molar-refractivity contribution is -0.146. The van der Waals surface area contributed by atoms with Crippen LogP contribution in [-0.2, 0) is 19.1 Å². The number of β-amino-alcohol motifs (C(OH)–C–C–N with tert-alkyl or cyclic N) is 2. The van der Waals surface area contributed by atoms with E-state index in [0.717, 1.165) is 199 Å². The van der Waals surface area contributed by atoms with Crippen molar-refractivity contribution in [2.24, 2.45) is 0 Å². The van der Waals surface area contributed by atoms with Crippen LogP contribution >= 0.6 is 40.4 Å². The van der Waals surface area contributed by atoms with E-state index in [1.807, 2.05) is 18.7 Å². The fourth-order valence-electron chi connectivity index (χ4n) is 12.0. The smallest absolute Gasteiger partial charge is 0.305 e. The van der Waals surface area contributed by atoms with Gasteiger partial charge in [0, 0.05) is 49.6 Å². The van der Waals surface area contributed by atoms with Crippen molar-refractivity contribution in [3.05, 3.63) is 0 Å². The molecule has 0 amide bonds. The number of esters is 1. The zero-order valence-corrected chi connectivity index (χ0v) is 59.3. The van der Waals surface area contributed by atoms with Crippen LogP contribution in [0.4, 0.5) is 0 Å². The number of nitrogens with zero attached hydrogens (tertiary/aromatic N) is 1. The third kappa shape index (κ3) is 43.6. The highest BCUT2D eigenvalue weighted by Crippen LogP contribution is 2.35. The molecule has 7 rings (SSSR count). The van der Waals surface area contributed by atoms with E-state index < -0.39 is 65.5 Å². The van der Waals surface area contributed by atoms with Gasteiger partial charge in [-0.1, -0.05) is 129 Å². The lowest BCUT2D eigenvalue weighted by Crippen LogP contribution is -2.62. The van der Waals surface area contributed by atoms with E-state index in [-0.39, 0.29) is 44.5 Å². The van der Waals surface area contributed by atoms with E-state index in [4.69, 9.17) is 20.4 Å². The zero-order valence-electron chi connectivity index (χ0n) is 55.2. The molecule has 14 N–H and O–H groups in total. The lowest BCUT2D eigenvalue weighted by Gasteiger charge is -2.43. The van der Waals surface area contributed by atoms with E-state index in [1.165, 1.54) is 57.8 Å². The Hall–Kier alpha value is -0.400. The van der Waals surface area contributed by atoms with Crippen LogP contribution in [0.3, 0.4) is 0 Å². The molecule has 7 aliphatic rings. The molecule has 88 heavy (non-hydrogen) atoms. The van der Waals surface area contributed by atoms with Crippen LogP contribution in [-0.4, -0.2) is 231 Å². The molecule has 0 aromatic carbocycles. The Morgan fingerprint density at radius 3 is 1.25 bits per heavy atom. The molecule has 3 saturated heterocycles. The molecule has 22 heteroatoms. The van der Waals surface area contributed by atoms with Gasteiger partial charge < -0.3 is 86.0 Å². The minimum atomic E-state index is -1.20. The van der Waals surface area contributed by atoms with Gasteiger partial charge in [-0.05, 0) is 161 Å². The van der Waals surface area contributed by atoms with Gasteiger partial charge in [0.2, 0.25) is 0 Å². The Morgan fingerprint density at radius 1 is 0.523 bits per heavy atom. The highest BCUT2D eigenvalue weighted by atomic mass is 79.9. The number of halogens is 2. The first-order chi connectivity index (χ1) is 42.2. The molecule has 3 aliphatic heterocycles. The number of unbranched alkanes of at least 4 members (excludes halogenated alkanes) is 6. The summed E-state index contributed by atoms with van der Waals surface area (Å²) >= 11 is 6.73. The van der Waals surface area contributed by atoms with Crippen molar-refractivity contribution in [1.29, 1.82) is 0 Å². The van der Waals surface area contributed by atoms with E-state index in [9.17, 15) is 60.3 Å². The number of rotatable bonds is 23. The van der Waals surface area contributed by atoms with Gasteiger partial charge in [0.1, 0.15) is 30.9 Å². The number of cyclic esters (lactones) is 1. The van der Waals surface area contributed by atoms with Crippen molar-refractivity contribution in [3.63, 3.8) is 0 Å². The van der Waals surface area contributed by atoms with Gasteiger partial charge in [-0.2, -0.15) is 0 Å². The van der Waals surface area contributed by atoms with Crippen molar-refractivity contribution in [2.75, 3.05) is 70.1 Å². The fraction of sp³-hybridized carbons (Fsp3) is 0.955. The fourth-order valence-corrected chi connectivity index (χ4v) is 12.8. The largest absolute Gasteiger partial charge is 0.466 e. The van der Waals surface area contributed by atoms with E-state index in [2.05, 4.69) is 55.2 Å². The quantitative estimate of drug-likeness (QED) is 0.0151. The first kappa shape index (κ1) is 89.7. The van der Waals surface area contributed by atoms with Gasteiger partial charge in [0.15, 0.2) is 0 Å². The first-order valence-corrected chi connectivity index (χ1v) is 38.4. The highest BCUT2D eigenvalue weighted by molar-refractivity contribution is 9.09. The molecule has 19 nitrogen and oxygen atoms in total. The summed E-state index contributed by atoms with van der Waals surface area (Å²) in [7, 11) is 1.08. The Kier molecular flexibility index (Phi) is 58.0. The zero-order chi connectivity index (χ0) is 66.5. The molecule has 0 radical (unpaired) electrons. The maximum Gasteiger partial charge on any atom is 0.305 e. The summed E-state index contributed by atoms with van der Waals surface area (Å²) in [5.41, 5.74) is -1.75. The summed E-state index contributed by atoms with van der Waals surface area (Å²) in [5.74, 6) is -0.0359. The average Bonchev–Trinajstić information content (AvgIpc) is 3.54. The molecule has 0 aromatic rings. The van der Waals surface area contributed by atoms with Crippen LogP contribution in [0.25, 0.3) is 0 Å². The number of nitrogens with one attached hydrogen (secondary N) is 1. The predicted molar refractivity (Wildman–Crippen MR) is 362 cm³/mol. The topological polar surface area (TPSA) is 339 Å². The molecular weight excluding hydrogens is 1280 g/mol. The summed E-state index contributed by atoms with van der Waals surface area (Å²) in [6.45, 7) is 9.81. The Balaban J connectivity index is 0. The minimum Gasteiger partial charge on any atom is -0.466 e. The minimum absolute atomic E-state index is 0.0359. The van der Waals surface area contributed by atoms with E-state index >= 15 is 0 Å². The van der Waals surface area contributed by atoms with Gasteiger partial charge >= 0.3 is 5.97 Å². The number of aliphatic hydroxyl groups is 13. The summed E-state index contributed by atoms with van der Waals surface area (Å²) in [6, 6.07) is -1.07. The van der Waals surface area contributed by atoms with Crippen LogP contribution in [0, 0.1) is 0 Å². The molecule has 0 bridgehead atoms. The molecule has 4 saturated carbocycles. The highest BCUT2D eigenvalue weighted by Gasteiger charge is 2.41. The van der Waals surface area contributed by atoms with Gasteiger partial charge in [-0.15, -0.1) is 8.58 Å². The SMILES string of the molecule is BrCCCCCBr.CC.CPC.O=C1CCCCO1.O=CCCCC1(O)CCCCC1.O=CCCCC1(O)CCCCC1.OCCCCC1(O)CCCCC1.OC[C@@H]1[C@@H](O)[C@H](O)[C@@H](O)CN1CCCCC1(O)CCCCC1.OC[C@H]1NC[C@H](O)[C@@H](O)[C@@H]1O. The van der Waals surface area contributed by atoms with Gasteiger partial charge in [0.05, 0.1) is 72.6 Å². The molecule has 3 heterocycles. The maximum absolute atomic E-state index is 10.5. The Labute approximate surface area is 550 Å². The standard InChI is InChI=1S/C16H31NO5.C10H20O2.2C10H18O2.C6H13NO4.C5H10Br2.C5H8O2.C2H7P.C2H6/c18-11-12-14(20)15(21)13(19)10-17(12)9-5-4-8-16(22)6-2-1-3-7-16;3*11-9-5-4-8-10(12)6-2-1-3-7-10;8-2-3-5(10)6(11)4(9)1-7-3;6-4-2-1-3-5-7;6-5-3-1-2-4-7-5;1-3-2;1-2/h12-15,18-22H,1-11H2;11-12H,1-9H2;2*9,12H,1-8H2;3-11H,1-2H2;1-5H2;1-4H2;3H,1-2H3;1-2H3/t12-,13+,14-,15-;;;;3-,4+,5-,6-;;;;/m1...1..../s1. The third-order valence-corrected chi connectivity index (χ3v) is 18.5. The summed E-state index contributed by atoms with van der Waals surface area (Å²) in [4.78, 5) is 32.2. The number of carbonyl (C=O) groups excluding carboxylic acids is 3. The molecule has 526 valence electrons. The number of alkyl halides is 2. The van der Waals surface area contributed by atoms with Crippen LogP contribution in [0.1, 0.15) is 258 Å². The molecule has 7 fully saturated rings. The number of hydrogen-bond donors (Lipinski definition) is 14. The normalized spacial score (nSPS) is 26.6. The molecular formula is C66H131Br2N2O17P. The monoisotopic (exact) mass is 1410 g/mol. The van der Waals surface area contributed by atoms with Gasteiger partial charge in [-0.25, -0.2) is 0 Å². The number of hydrogen-bond acceptors (Lipinski definition) is 19. The average molecular weight is 1420 g/mol. The Morgan fingerprint density at radius 2 is 0.920 bits per heavy atom. The van der Waals surface area contributed by atoms with Gasteiger partial charge in [0.25, 0.3) is 0 Å². The van der Waals surface area contributed by atoms with E-state index in [1.54, 1.807) is 0 Å². The van der Waals surface area contributed by atoms with Crippen molar-refractivity contribution < 1.29 is 85.5 Å². The molecule has 8 atom stereocenters. The maximum atomic E-state index is 10.5. The van der Waals surface area contributed by atoms with Crippen LogP contribution in [0.15, 0.2) is 0 Å². The third-order valence-electron chi connectivity index (χ3n) is 17.4. The van der Waals surface area contributed by atoms with Crippen LogP contribution in [0.5, 0.6) is 0 Å². The lowest BCUT2D eigenvalue weighted by atomic mass is 9.81. The summed E-state index contributed by atoms with van der Waals surface area (Å²) < 4.78 is 4.64. The number of piperidine rings is 2. The number of aldehydes is 2. The van der Waals surface area contributed by atoms with Crippen molar-refractivity contribution in [1.82, 2.24) is 10.2 Å². The number of carbonyl (C=O) groups is 3. The van der Waals surface area contributed by atoms with Crippen molar-refractivity contribution >= 4 is 59.0 Å². The van der Waals surface area contributed by atoms with Crippen molar-refractivity contribution in [2.45, 2.75) is 329 Å². The molecule has 0 spiro atoms. The molecule has 4 aliphatic carbocycles. The summed E-state index contributed by atoms with van der Waals surface area (Å²) in [5, 5.41) is 129. The second-order valence-electron chi connectivity index (χ2n) is 25.1. The number of aliphatic hydroxyl groups excluding tert-OH is 9. The van der Waals surface area contributed by atoms with Crippen LogP contribution in [0.2, 0.25) is 0 Å². The Bertz CT molecular complexity index is 1550. The molecule has 0 unspecified atom stereocenters. The molecule has 0 aromatic heterocycles. The summed E-state index contributed by atoms with van der Waals surface area (Å²) in [6.07, 6.45) is 33.4.